The van der Waals surface area contributed by atoms with Crippen LogP contribution in [0.15, 0.2) is 65.5 Å². The van der Waals surface area contributed by atoms with Crippen molar-refractivity contribution in [1.82, 2.24) is 15.1 Å². The highest BCUT2D eigenvalue weighted by Gasteiger charge is 2.18. The molecule has 2 heterocycles. The highest BCUT2D eigenvalue weighted by molar-refractivity contribution is 5.77. The van der Waals surface area contributed by atoms with Crippen molar-refractivity contribution >= 4 is 5.91 Å². The standard InChI is InChI=1S/C18H19N3O3/c1-14-5-2-6-15(11-14)24-13-18(22)19-12-16(17-7-3-10-23-17)21-9-4-8-20-21/h2-11,16H,12-13H2,1H3,(H,19,22). The maximum absolute atomic E-state index is 12.0. The van der Waals surface area contributed by atoms with E-state index in [-0.39, 0.29) is 18.6 Å². The minimum absolute atomic E-state index is 0.0343. The Morgan fingerprint density at radius 1 is 1.33 bits per heavy atom. The van der Waals surface area contributed by atoms with E-state index in [0.717, 1.165) is 11.3 Å². The summed E-state index contributed by atoms with van der Waals surface area (Å²) in [5.41, 5.74) is 1.09. The minimum atomic E-state index is -0.196. The number of furan rings is 1. The fourth-order valence-electron chi connectivity index (χ4n) is 2.39. The number of nitrogens with one attached hydrogen (secondary N) is 1. The second kappa shape index (κ2) is 7.50. The lowest BCUT2D eigenvalue weighted by Gasteiger charge is -2.16. The molecule has 24 heavy (non-hydrogen) atoms. The van der Waals surface area contributed by atoms with Crippen molar-refractivity contribution in [2.45, 2.75) is 13.0 Å². The van der Waals surface area contributed by atoms with E-state index in [1.807, 2.05) is 55.6 Å². The van der Waals surface area contributed by atoms with Gasteiger partial charge in [-0.1, -0.05) is 12.1 Å². The van der Waals surface area contributed by atoms with Crippen LogP contribution in [0.3, 0.4) is 0 Å². The molecular formula is C18H19N3O3. The summed E-state index contributed by atoms with van der Waals surface area (Å²) in [5.74, 6) is 1.22. The molecule has 0 fully saturated rings. The number of ether oxygens (including phenoxy) is 1. The summed E-state index contributed by atoms with van der Waals surface area (Å²) in [7, 11) is 0. The van der Waals surface area contributed by atoms with Crippen molar-refractivity contribution in [2.75, 3.05) is 13.2 Å². The van der Waals surface area contributed by atoms with Gasteiger partial charge < -0.3 is 14.5 Å². The Labute approximate surface area is 140 Å². The molecule has 0 aliphatic heterocycles. The van der Waals surface area contributed by atoms with Gasteiger partial charge in [-0.05, 0) is 42.8 Å². The summed E-state index contributed by atoms with van der Waals surface area (Å²) in [6.07, 6.45) is 5.13. The third-order valence-electron chi connectivity index (χ3n) is 3.57. The molecule has 3 rings (SSSR count). The molecule has 1 unspecified atom stereocenters. The van der Waals surface area contributed by atoms with Crippen LogP contribution in [0, 0.1) is 6.92 Å². The highest BCUT2D eigenvalue weighted by atomic mass is 16.5. The smallest absolute Gasteiger partial charge is 0.258 e. The first kappa shape index (κ1) is 15.9. The lowest BCUT2D eigenvalue weighted by atomic mass is 10.2. The van der Waals surface area contributed by atoms with E-state index in [2.05, 4.69) is 10.4 Å². The summed E-state index contributed by atoms with van der Waals surface area (Å²) in [5, 5.41) is 7.09. The Morgan fingerprint density at radius 2 is 2.25 bits per heavy atom. The predicted octanol–water partition coefficient (Wildman–Crippen LogP) is 2.57. The topological polar surface area (TPSA) is 69.3 Å². The molecule has 0 aliphatic carbocycles. The van der Waals surface area contributed by atoms with Crippen LogP contribution in [0.1, 0.15) is 17.4 Å². The van der Waals surface area contributed by atoms with Crippen molar-refractivity contribution in [3.8, 4) is 5.75 Å². The minimum Gasteiger partial charge on any atom is -0.484 e. The van der Waals surface area contributed by atoms with Gasteiger partial charge in [0.15, 0.2) is 6.61 Å². The van der Waals surface area contributed by atoms with E-state index in [4.69, 9.17) is 9.15 Å². The van der Waals surface area contributed by atoms with E-state index in [1.165, 1.54) is 0 Å². The Balaban J connectivity index is 1.56. The average Bonchev–Trinajstić information content (AvgIpc) is 3.27. The van der Waals surface area contributed by atoms with Gasteiger partial charge in [-0.15, -0.1) is 0 Å². The molecule has 0 radical (unpaired) electrons. The van der Waals surface area contributed by atoms with E-state index in [9.17, 15) is 4.79 Å². The normalized spacial score (nSPS) is 11.9. The highest BCUT2D eigenvalue weighted by Crippen LogP contribution is 2.17. The van der Waals surface area contributed by atoms with Gasteiger partial charge in [0.1, 0.15) is 17.6 Å². The van der Waals surface area contributed by atoms with Crippen LogP contribution in [0.5, 0.6) is 5.75 Å². The van der Waals surface area contributed by atoms with Gasteiger partial charge in [0, 0.05) is 18.9 Å². The number of carbonyl (C=O) groups excluding carboxylic acids is 1. The van der Waals surface area contributed by atoms with Gasteiger partial charge in [-0.3, -0.25) is 9.48 Å². The van der Waals surface area contributed by atoms with Crippen LogP contribution in [-0.4, -0.2) is 28.8 Å². The first-order chi connectivity index (χ1) is 11.7. The number of hydrogen-bond donors (Lipinski definition) is 1. The predicted molar refractivity (Wildman–Crippen MR) is 88.8 cm³/mol. The van der Waals surface area contributed by atoms with Crippen molar-refractivity contribution in [1.29, 1.82) is 0 Å². The SMILES string of the molecule is Cc1cccc(OCC(=O)NCC(c2ccco2)n2cccn2)c1. The van der Waals surface area contributed by atoms with Gasteiger partial charge in [0.05, 0.1) is 6.26 Å². The van der Waals surface area contributed by atoms with Gasteiger partial charge in [0.25, 0.3) is 5.91 Å². The van der Waals surface area contributed by atoms with Gasteiger partial charge in [0.2, 0.25) is 0 Å². The zero-order chi connectivity index (χ0) is 16.8. The molecule has 6 heteroatoms. The number of hydrogen-bond acceptors (Lipinski definition) is 4. The van der Waals surface area contributed by atoms with E-state index in [0.29, 0.717) is 12.3 Å². The zero-order valence-electron chi connectivity index (χ0n) is 13.4. The lowest BCUT2D eigenvalue weighted by molar-refractivity contribution is -0.123. The van der Waals surface area contributed by atoms with E-state index < -0.39 is 0 Å². The molecule has 6 nitrogen and oxygen atoms in total. The summed E-state index contributed by atoms with van der Waals surface area (Å²) in [6.45, 7) is 2.31. The Kier molecular flexibility index (Phi) is 4.96. The molecular weight excluding hydrogens is 306 g/mol. The number of aryl methyl sites for hydroxylation is 1. The third kappa shape index (κ3) is 4.04. The van der Waals surface area contributed by atoms with Crippen LogP contribution in [0.4, 0.5) is 0 Å². The lowest BCUT2D eigenvalue weighted by Crippen LogP contribution is -2.34. The maximum Gasteiger partial charge on any atom is 0.258 e. The van der Waals surface area contributed by atoms with Crippen LogP contribution in [0.25, 0.3) is 0 Å². The Hall–Kier alpha value is -3.02. The molecule has 1 amide bonds. The number of amides is 1. The van der Waals surface area contributed by atoms with Gasteiger partial charge in [-0.2, -0.15) is 5.10 Å². The van der Waals surface area contributed by atoms with Gasteiger partial charge in [-0.25, -0.2) is 0 Å². The number of benzene rings is 1. The molecule has 0 aliphatic rings. The number of aromatic nitrogens is 2. The van der Waals surface area contributed by atoms with Crippen LogP contribution in [-0.2, 0) is 4.79 Å². The number of rotatable bonds is 7. The third-order valence-corrected chi connectivity index (χ3v) is 3.57. The van der Waals surface area contributed by atoms with Crippen molar-refractivity contribution in [2.24, 2.45) is 0 Å². The molecule has 3 aromatic rings. The molecule has 0 saturated carbocycles. The molecule has 1 aromatic carbocycles. The largest absolute Gasteiger partial charge is 0.484 e. The fraction of sp³-hybridized carbons (Fsp3) is 0.222. The van der Waals surface area contributed by atoms with Crippen LogP contribution >= 0.6 is 0 Å². The number of carbonyl (C=O) groups is 1. The van der Waals surface area contributed by atoms with E-state index in [1.54, 1.807) is 17.1 Å². The summed E-state index contributed by atoms with van der Waals surface area (Å²) < 4.78 is 12.7. The van der Waals surface area contributed by atoms with Crippen molar-refractivity contribution in [3.05, 3.63) is 72.4 Å². The second-order valence-electron chi connectivity index (χ2n) is 5.43. The second-order valence-corrected chi connectivity index (χ2v) is 5.43. The molecule has 0 saturated heterocycles. The molecule has 2 aromatic heterocycles. The monoisotopic (exact) mass is 325 g/mol. The van der Waals surface area contributed by atoms with Crippen LogP contribution in [0.2, 0.25) is 0 Å². The average molecular weight is 325 g/mol. The first-order valence-electron chi connectivity index (χ1n) is 7.71. The fourth-order valence-corrected chi connectivity index (χ4v) is 2.39. The number of nitrogens with zero attached hydrogens (tertiary/aromatic N) is 2. The first-order valence-corrected chi connectivity index (χ1v) is 7.71. The van der Waals surface area contributed by atoms with Crippen molar-refractivity contribution < 1.29 is 13.9 Å². The zero-order valence-corrected chi connectivity index (χ0v) is 13.4. The molecule has 1 atom stereocenters. The molecule has 0 bridgehead atoms. The Bertz CT molecular complexity index is 732. The summed E-state index contributed by atoms with van der Waals surface area (Å²) in [4.78, 5) is 12.0. The maximum atomic E-state index is 12.0. The molecule has 0 spiro atoms. The molecule has 124 valence electrons. The van der Waals surface area contributed by atoms with Crippen molar-refractivity contribution in [3.63, 3.8) is 0 Å². The molecule has 1 N–H and O–H groups in total. The summed E-state index contributed by atoms with van der Waals surface area (Å²) >= 11 is 0. The van der Waals surface area contributed by atoms with Gasteiger partial charge >= 0.3 is 0 Å². The summed E-state index contributed by atoms with van der Waals surface area (Å²) in [6, 6.07) is 12.9. The Morgan fingerprint density at radius 3 is 2.96 bits per heavy atom. The van der Waals surface area contributed by atoms with Crippen LogP contribution < -0.4 is 10.1 Å². The van der Waals surface area contributed by atoms with E-state index >= 15 is 0 Å². The quantitative estimate of drug-likeness (QED) is 0.725.